The molecule has 2 unspecified atom stereocenters. The van der Waals surface area contributed by atoms with E-state index < -0.39 is 11.0 Å². The van der Waals surface area contributed by atoms with E-state index in [1.54, 1.807) is 25.2 Å². The van der Waals surface area contributed by atoms with Gasteiger partial charge in [0.1, 0.15) is 5.54 Å². The van der Waals surface area contributed by atoms with Crippen molar-refractivity contribution in [2.45, 2.75) is 45.4 Å². The van der Waals surface area contributed by atoms with Gasteiger partial charge in [-0.1, -0.05) is 26.0 Å². The van der Waals surface area contributed by atoms with Crippen molar-refractivity contribution in [3.8, 4) is 0 Å². The highest BCUT2D eigenvalue weighted by atomic mass is 16.5. The Kier molecular flexibility index (Phi) is 5.30. The zero-order chi connectivity index (χ0) is 18.0. The fraction of sp³-hybridized carbons (Fsp3) is 0.556. The van der Waals surface area contributed by atoms with Gasteiger partial charge in [-0.3, -0.25) is 9.59 Å². The van der Waals surface area contributed by atoms with Crippen molar-refractivity contribution >= 4 is 11.8 Å². The van der Waals surface area contributed by atoms with Crippen LogP contribution >= 0.6 is 0 Å². The molecule has 1 saturated carbocycles. The summed E-state index contributed by atoms with van der Waals surface area (Å²) in [7, 11) is 1.59. The van der Waals surface area contributed by atoms with Crippen LogP contribution in [0.15, 0.2) is 24.3 Å². The highest BCUT2D eigenvalue weighted by Gasteiger charge is 2.62. The number of nitrogens with one attached hydrogen (secondary N) is 2. The second kappa shape index (κ2) is 6.91. The molecule has 4 N–H and O–H groups in total. The van der Waals surface area contributed by atoms with Gasteiger partial charge < -0.3 is 21.1 Å². The molecule has 1 fully saturated rings. The minimum absolute atomic E-state index is 0.00479. The topological polar surface area (TPSA) is 93.4 Å². The van der Waals surface area contributed by atoms with Gasteiger partial charge in [-0.05, 0) is 24.6 Å². The van der Waals surface area contributed by atoms with Crippen LogP contribution in [0.2, 0.25) is 0 Å². The van der Waals surface area contributed by atoms with Crippen LogP contribution in [-0.4, -0.2) is 37.1 Å². The molecule has 6 heteroatoms. The Bertz CT molecular complexity index is 630. The van der Waals surface area contributed by atoms with Gasteiger partial charge in [-0.2, -0.15) is 0 Å². The summed E-state index contributed by atoms with van der Waals surface area (Å²) >= 11 is 0. The molecular weight excluding hydrogens is 306 g/mol. The third-order valence-electron chi connectivity index (χ3n) is 5.10. The highest BCUT2D eigenvalue weighted by molar-refractivity contribution is 5.94. The summed E-state index contributed by atoms with van der Waals surface area (Å²) in [6.07, 6.45) is 0.507. The maximum atomic E-state index is 12.6. The van der Waals surface area contributed by atoms with E-state index in [0.717, 1.165) is 5.56 Å². The molecule has 0 heterocycles. The lowest BCUT2D eigenvalue weighted by Gasteiger charge is -2.57. The van der Waals surface area contributed by atoms with Crippen molar-refractivity contribution in [3.05, 3.63) is 35.4 Å². The third-order valence-corrected chi connectivity index (χ3v) is 5.10. The summed E-state index contributed by atoms with van der Waals surface area (Å²) in [5.41, 5.74) is 6.41. The summed E-state index contributed by atoms with van der Waals surface area (Å²) in [4.78, 5) is 24.3. The van der Waals surface area contributed by atoms with Crippen molar-refractivity contribution in [1.29, 1.82) is 0 Å². The van der Waals surface area contributed by atoms with Gasteiger partial charge in [0.2, 0.25) is 5.91 Å². The lowest BCUT2D eigenvalue weighted by molar-refractivity contribution is -0.170. The van der Waals surface area contributed by atoms with E-state index in [0.29, 0.717) is 25.1 Å². The van der Waals surface area contributed by atoms with Crippen LogP contribution in [0, 0.1) is 5.41 Å². The lowest BCUT2D eigenvalue weighted by atomic mass is 9.54. The van der Waals surface area contributed by atoms with E-state index in [-0.39, 0.29) is 17.9 Å². The summed E-state index contributed by atoms with van der Waals surface area (Å²) < 4.78 is 5.65. The number of carbonyl (C=O) groups is 2. The summed E-state index contributed by atoms with van der Waals surface area (Å²) in [5, 5.41) is 5.48. The van der Waals surface area contributed by atoms with Gasteiger partial charge in [0.25, 0.3) is 5.91 Å². The number of amides is 2. The minimum atomic E-state index is -0.939. The molecule has 0 bridgehead atoms. The number of carbonyl (C=O) groups excluding carboxylic acids is 2. The maximum Gasteiger partial charge on any atom is 0.251 e. The maximum absolute atomic E-state index is 12.6. The molecule has 0 spiro atoms. The molecule has 24 heavy (non-hydrogen) atoms. The van der Waals surface area contributed by atoms with E-state index in [4.69, 9.17) is 10.5 Å². The van der Waals surface area contributed by atoms with E-state index in [1.807, 2.05) is 26.8 Å². The fourth-order valence-corrected chi connectivity index (χ4v) is 3.13. The van der Waals surface area contributed by atoms with Gasteiger partial charge >= 0.3 is 0 Å². The quantitative estimate of drug-likeness (QED) is 0.729. The SMILES string of the molecule is CCOC1CC(N)(C(=O)NCc2cccc(C(=O)NC)c2)C1(C)C. The summed E-state index contributed by atoms with van der Waals surface area (Å²) in [6.45, 7) is 6.80. The minimum Gasteiger partial charge on any atom is -0.378 e. The van der Waals surface area contributed by atoms with E-state index >= 15 is 0 Å². The molecule has 6 nitrogen and oxygen atoms in total. The highest BCUT2D eigenvalue weighted by Crippen LogP contribution is 2.49. The Labute approximate surface area is 143 Å². The first kappa shape index (κ1) is 18.4. The normalized spacial score (nSPS) is 24.8. The fourth-order valence-electron chi connectivity index (χ4n) is 3.13. The van der Waals surface area contributed by atoms with Crippen LogP contribution in [-0.2, 0) is 16.1 Å². The van der Waals surface area contributed by atoms with E-state index in [1.165, 1.54) is 0 Å². The van der Waals surface area contributed by atoms with Crippen molar-refractivity contribution in [2.75, 3.05) is 13.7 Å². The van der Waals surface area contributed by atoms with E-state index in [9.17, 15) is 9.59 Å². The largest absolute Gasteiger partial charge is 0.378 e. The van der Waals surface area contributed by atoms with Gasteiger partial charge in [0.15, 0.2) is 0 Å². The molecular formula is C18H27N3O3. The standard InChI is InChI=1S/C18H27N3O3/c1-5-24-14-10-18(19,17(14,2)3)16(23)21-11-12-7-6-8-13(9-12)15(22)20-4/h6-9,14H,5,10-11,19H2,1-4H3,(H,20,22)(H,21,23). The average Bonchev–Trinajstić information content (AvgIpc) is 2.58. The Hall–Kier alpha value is -1.92. The third kappa shape index (κ3) is 3.16. The van der Waals surface area contributed by atoms with Crippen LogP contribution in [0.3, 0.4) is 0 Å². The first-order chi connectivity index (χ1) is 11.3. The zero-order valence-electron chi connectivity index (χ0n) is 14.8. The number of benzene rings is 1. The second-order valence-corrected chi connectivity index (χ2v) is 6.80. The van der Waals surface area contributed by atoms with Crippen molar-refractivity contribution in [2.24, 2.45) is 11.1 Å². The molecule has 2 amide bonds. The Balaban J connectivity index is 2.00. The first-order valence-electron chi connectivity index (χ1n) is 8.26. The lowest BCUT2D eigenvalue weighted by Crippen LogP contribution is -2.75. The summed E-state index contributed by atoms with van der Waals surface area (Å²) in [6, 6.07) is 7.15. The molecule has 2 rings (SSSR count). The Morgan fingerprint density at radius 2 is 2.08 bits per heavy atom. The van der Waals surface area contributed by atoms with Crippen molar-refractivity contribution < 1.29 is 14.3 Å². The monoisotopic (exact) mass is 333 g/mol. The molecule has 0 aromatic heterocycles. The van der Waals surface area contributed by atoms with Crippen LogP contribution in [0.25, 0.3) is 0 Å². The molecule has 1 aliphatic rings. The number of ether oxygens (including phenoxy) is 1. The average molecular weight is 333 g/mol. The molecule has 2 atom stereocenters. The predicted molar refractivity (Wildman–Crippen MR) is 92.4 cm³/mol. The van der Waals surface area contributed by atoms with Gasteiger partial charge in [0, 0.05) is 37.6 Å². The van der Waals surface area contributed by atoms with Crippen molar-refractivity contribution in [3.63, 3.8) is 0 Å². The first-order valence-corrected chi connectivity index (χ1v) is 8.26. The molecule has 0 aliphatic heterocycles. The number of nitrogens with two attached hydrogens (primary N) is 1. The van der Waals surface area contributed by atoms with E-state index in [2.05, 4.69) is 10.6 Å². The van der Waals surface area contributed by atoms with Gasteiger partial charge in [-0.25, -0.2) is 0 Å². The molecule has 0 saturated heterocycles. The summed E-state index contributed by atoms with van der Waals surface area (Å²) in [5.74, 6) is -0.341. The molecule has 132 valence electrons. The van der Waals surface area contributed by atoms with Crippen LogP contribution in [0.4, 0.5) is 0 Å². The van der Waals surface area contributed by atoms with Crippen molar-refractivity contribution in [1.82, 2.24) is 10.6 Å². The molecule has 1 aromatic rings. The number of rotatable bonds is 6. The van der Waals surface area contributed by atoms with Crippen LogP contribution in [0.1, 0.15) is 43.1 Å². The second-order valence-electron chi connectivity index (χ2n) is 6.80. The number of hydrogen-bond donors (Lipinski definition) is 3. The number of hydrogen-bond acceptors (Lipinski definition) is 4. The van der Waals surface area contributed by atoms with Gasteiger partial charge in [0.05, 0.1) is 6.10 Å². The molecule has 1 aliphatic carbocycles. The Morgan fingerprint density at radius 3 is 2.67 bits per heavy atom. The molecule has 0 radical (unpaired) electrons. The zero-order valence-corrected chi connectivity index (χ0v) is 14.8. The molecule has 1 aromatic carbocycles. The Morgan fingerprint density at radius 1 is 1.38 bits per heavy atom. The van der Waals surface area contributed by atoms with Gasteiger partial charge in [-0.15, -0.1) is 0 Å². The smallest absolute Gasteiger partial charge is 0.251 e. The van der Waals surface area contributed by atoms with Crippen LogP contribution in [0.5, 0.6) is 0 Å². The van der Waals surface area contributed by atoms with Crippen LogP contribution < -0.4 is 16.4 Å². The predicted octanol–water partition coefficient (Wildman–Crippen LogP) is 1.19.